The third kappa shape index (κ3) is 5.57. The molecule has 0 spiro atoms. The number of nitrogens with one attached hydrogen (secondary N) is 1. The summed E-state index contributed by atoms with van der Waals surface area (Å²) in [7, 11) is 0. The number of nitrogens with zero attached hydrogens (tertiary/aromatic N) is 1. The molecule has 4 nitrogen and oxygen atoms in total. The van der Waals surface area contributed by atoms with Crippen LogP contribution in [0.2, 0.25) is 0 Å². The van der Waals surface area contributed by atoms with Gasteiger partial charge in [-0.15, -0.1) is 0 Å². The van der Waals surface area contributed by atoms with Gasteiger partial charge in [0.25, 0.3) is 5.91 Å². The Morgan fingerprint density at radius 3 is 2.41 bits per heavy atom. The SMILES string of the molecule is CCc1ccc(OCC(=O)NC2CCN([C@@H](C)c3ccccc3)CC2)cc1. The highest BCUT2D eigenvalue weighted by molar-refractivity contribution is 5.77. The lowest BCUT2D eigenvalue weighted by atomic mass is 10.00. The number of benzene rings is 2. The summed E-state index contributed by atoms with van der Waals surface area (Å²) in [6.07, 6.45) is 2.96. The van der Waals surface area contributed by atoms with Crippen LogP contribution in [0, 0.1) is 0 Å². The fourth-order valence-corrected chi connectivity index (χ4v) is 3.61. The van der Waals surface area contributed by atoms with Gasteiger partial charge in [0, 0.05) is 25.2 Å². The molecule has 0 radical (unpaired) electrons. The maximum absolute atomic E-state index is 12.2. The van der Waals surface area contributed by atoms with Crippen molar-refractivity contribution in [2.24, 2.45) is 0 Å². The summed E-state index contributed by atoms with van der Waals surface area (Å²) in [4.78, 5) is 14.7. The van der Waals surface area contributed by atoms with Crippen molar-refractivity contribution >= 4 is 5.91 Å². The number of piperidine rings is 1. The minimum atomic E-state index is -0.0378. The number of likely N-dealkylation sites (tertiary alicyclic amines) is 1. The van der Waals surface area contributed by atoms with E-state index in [2.05, 4.69) is 54.4 Å². The first kappa shape index (κ1) is 19.4. The van der Waals surface area contributed by atoms with E-state index in [9.17, 15) is 4.79 Å². The van der Waals surface area contributed by atoms with Crippen LogP contribution < -0.4 is 10.1 Å². The second-order valence-electron chi connectivity index (χ2n) is 7.25. The Labute approximate surface area is 162 Å². The van der Waals surface area contributed by atoms with Crippen LogP contribution in [0.25, 0.3) is 0 Å². The quantitative estimate of drug-likeness (QED) is 0.806. The van der Waals surface area contributed by atoms with Crippen molar-refractivity contribution in [3.05, 3.63) is 65.7 Å². The van der Waals surface area contributed by atoms with Crippen molar-refractivity contribution in [3.63, 3.8) is 0 Å². The largest absolute Gasteiger partial charge is 0.484 e. The molecule has 2 aromatic rings. The van der Waals surface area contributed by atoms with Gasteiger partial charge in [-0.1, -0.05) is 49.4 Å². The fourth-order valence-electron chi connectivity index (χ4n) is 3.61. The second kappa shape index (κ2) is 9.56. The number of rotatable bonds is 7. The van der Waals surface area contributed by atoms with E-state index in [1.165, 1.54) is 11.1 Å². The average molecular weight is 367 g/mol. The summed E-state index contributed by atoms with van der Waals surface area (Å²) in [6.45, 7) is 6.45. The van der Waals surface area contributed by atoms with Crippen molar-refractivity contribution in [2.75, 3.05) is 19.7 Å². The maximum Gasteiger partial charge on any atom is 0.258 e. The van der Waals surface area contributed by atoms with Crippen LogP contribution in [0.4, 0.5) is 0 Å². The third-order valence-electron chi connectivity index (χ3n) is 5.43. The number of ether oxygens (including phenoxy) is 1. The second-order valence-corrected chi connectivity index (χ2v) is 7.25. The molecule has 3 rings (SSSR count). The Balaban J connectivity index is 1.40. The summed E-state index contributed by atoms with van der Waals surface area (Å²) in [5.74, 6) is 0.706. The molecule has 144 valence electrons. The van der Waals surface area contributed by atoms with Crippen LogP contribution in [-0.4, -0.2) is 36.5 Å². The molecule has 1 fully saturated rings. The lowest BCUT2D eigenvalue weighted by Gasteiger charge is -2.36. The minimum absolute atomic E-state index is 0.0378. The standard InChI is InChI=1S/C23H30N2O2/c1-3-19-9-11-22(12-10-19)27-17-23(26)24-21-13-15-25(16-14-21)18(2)20-7-5-4-6-8-20/h4-12,18,21H,3,13-17H2,1-2H3,(H,24,26)/t18-/m0/s1. The van der Waals surface area contributed by atoms with E-state index in [1.807, 2.05) is 24.3 Å². The highest BCUT2D eigenvalue weighted by atomic mass is 16.5. The fraction of sp³-hybridized carbons (Fsp3) is 0.435. The first-order valence-corrected chi connectivity index (χ1v) is 9.96. The maximum atomic E-state index is 12.2. The van der Waals surface area contributed by atoms with Crippen molar-refractivity contribution in [1.82, 2.24) is 10.2 Å². The van der Waals surface area contributed by atoms with Crippen molar-refractivity contribution in [1.29, 1.82) is 0 Å². The first-order chi connectivity index (χ1) is 13.2. The molecular formula is C23H30N2O2. The monoisotopic (exact) mass is 366 g/mol. The first-order valence-electron chi connectivity index (χ1n) is 9.96. The molecule has 1 saturated heterocycles. The van der Waals surface area contributed by atoms with E-state index in [0.29, 0.717) is 6.04 Å². The summed E-state index contributed by atoms with van der Waals surface area (Å²) in [5.41, 5.74) is 2.62. The molecule has 27 heavy (non-hydrogen) atoms. The van der Waals surface area contributed by atoms with Crippen molar-refractivity contribution in [2.45, 2.75) is 45.2 Å². The molecule has 2 aromatic carbocycles. The highest BCUT2D eigenvalue weighted by Gasteiger charge is 2.24. The Kier molecular flexibility index (Phi) is 6.88. The number of amides is 1. The number of carbonyl (C=O) groups excluding carboxylic acids is 1. The molecule has 0 unspecified atom stereocenters. The number of hydrogen-bond donors (Lipinski definition) is 1. The van der Waals surface area contributed by atoms with Gasteiger partial charge in [0.2, 0.25) is 0 Å². The Hall–Kier alpha value is -2.33. The topological polar surface area (TPSA) is 41.6 Å². The molecule has 1 aliphatic rings. The zero-order valence-electron chi connectivity index (χ0n) is 16.4. The van der Waals surface area contributed by atoms with Gasteiger partial charge in [0.1, 0.15) is 5.75 Å². The number of hydrogen-bond acceptors (Lipinski definition) is 3. The smallest absolute Gasteiger partial charge is 0.258 e. The normalized spacial score (nSPS) is 16.7. The molecule has 4 heteroatoms. The summed E-state index contributed by atoms with van der Waals surface area (Å²) >= 11 is 0. The number of carbonyl (C=O) groups is 1. The molecule has 0 aromatic heterocycles. The Bertz CT molecular complexity index is 707. The van der Waals surface area contributed by atoms with Gasteiger partial charge in [0.05, 0.1) is 0 Å². The zero-order chi connectivity index (χ0) is 19.1. The lowest BCUT2D eigenvalue weighted by molar-refractivity contribution is -0.124. The van der Waals surface area contributed by atoms with Crippen LogP contribution in [-0.2, 0) is 11.2 Å². The molecule has 0 aliphatic carbocycles. The molecular weight excluding hydrogens is 336 g/mol. The lowest BCUT2D eigenvalue weighted by Crippen LogP contribution is -2.46. The molecule has 1 N–H and O–H groups in total. The summed E-state index contributed by atoms with van der Waals surface area (Å²) in [5, 5.41) is 3.12. The summed E-state index contributed by atoms with van der Waals surface area (Å²) in [6, 6.07) is 19.2. The molecule has 0 saturated carbocycles. The van der Waals surface area contributed by atoms with Gasteiger partial charge >= 0.3 is 0 Å². The van der Waals surface area contributed by atoms with E-state index in [0.717, 1.165) is 38.1 Å². The van der Waals surface area contributed by atoms with Crippen LogP contribution in [0.5, 0.6) is 5.75 Å². The van der Waals surface area contributed by atoms with Crippen LogP contribution in [0.3, 0.4) is 0 Å². The zero-order valence-corrected chi connectivity index (χ0v) is 16.4. The van der Waals surface area contributed by atoms with Gasteiger partial charge in [0.15, 0.2) is 6.61 Å². The Morgan fingerprint density at radius 1 is 1.11 bits per heavy atom. The highest BCUT2D eigenvalue weighted by Crippen LogP contribution is 2.24. The number of aryl methyl sites for hydroxylation is 1. The molecule has 1 atom stereocenters. The minimum Gasteiger partial charge on any atom is -0.484 e. The van der Waals surface area contributed by atoms with Crippen LogP contribution >= 0.6 is 0 Å². The molecule has 1 amide bonds. The van der Waals surface area contributed by atoms with Gasteiger partial charge in [-0.3, -0.25) is 9.69 Å². The van der Waals surface area contributed by atoms with Gasteiger partial charge < -0.3 is 10.1 Å². The van der Waals surface area contributed by atoms with Crippen molar-refractivity contribution < 1.29 is 9.53 Å². The predicted octanol–water partition coefficient (Wildman–Crippen LogP) is 3.97. The van der Waals surface area contributed by atoms with Gasteiger partial charge in [-0.2, -0.15) is 0 Å². The van der Waals surface area contributed by atoms with E-state index >= 15 is 0 Å². The van der Waals surface area contributed by atoms with Gasteiger partial charge in [-0.25, -0.2) is 0 Å². The third-order valence-corrected chi connectivity index (χ3v) is 5.43. The molecule has 0 bridgehead atoms. The average Bonchev–Trinajstić information content (AvgIpc) is 2.73. The molecule has 1 heterocycles. The Morgan fingerprint density at radius 2 is 1.78 bits per heavy atom. The van der Waals surface area contributed by atoms with Crippen molar-refractivity contribution in [3.8, 4) is 5.75 Å². The van der Waals surface area contributed by atoms with Gasteiger partial charge in [-0.05, 0) is 49.4 Å². The summed E-state index contributed by atoms with van der Waals surface area (Å²) < 4.78 is 5.60. The van der Waals surface area contributed by atoms with E-state index in [1.54, 1.807) is 0 Å². The molecule has 1 aliphatic heterocycles. The van der Waals surface area contributed by atoms with E-state index in [4.69, 9.17) is 4.74 Å². The van der Waals surface area contributed by atoms with E-state index in [-0.39, 0.29) is 18.6 Å². The predicted molar refractivity (Wildman–Crippen MR) is 109 cm³/mol. The van der Waals surface area contributed by atoms with E-state index < -0.39 is 0 Å². The van der Waals surface area contributed by atoms with Crippen LogP contribution in [0.15, 0.2) is 54.6 Å². The van der Waals surface area contributed by atoms with Crippen LogP contribution in [0.1, 0.15) is 43.9 Å².